The molecule has 3 N–H and O–H groups in total. The van der Waals surface area contributed by atoms with Gasteiger partial charge in [0.2, 0.25) is 0 Å². The van der Waals surface area contributed by atoms with Crippen LogP contribution in [-0.2, 0) is 4.74 Å². The van der Waals surface area contributed by atoms with Gasteiger partial charge in [0.1, 0.15) is 0 Å². The zero-order valence-electron chi connectivity index (χ0n) is 9.98. The predicted molar refractivity (Wildman–Crippen MR) is 60.8 cm³/mol. The third-order valence-electron chi connectivity index (χ3n) is 1.66. The molecule has 0 aliphatic rings. The van der Waals surface area contributed by atoms with E-state index in [0.29, 0.717) is 19.8 Å². The largest absolute Gasteiger partial charge is 0.396 e. The molecule has 1 atom stereocenters. The van der Waals surface area contributed by atoms with Crippen LogP contribution in [0.1, 0.15) is 39.5 Å². The zero-order chi connectivity index (χ0) is 11.9. The number of ether oxygens (including phenoxy) is 1. The molecule has 0 saturated heterocycles. The van der Waals surface area contributed by atoms with Crippen LogP contribution >= 0.6 is 0 Å². The van der Waals surface area contributed by atoms with Crippen LogP contribution in [0.4, 0.5) is 0 Å². The molecule has 1 unspecified atom stereocenters. The second-order valence-corrected chi connectivity index (χ2v) is 3.32. The average Bonchev–Trinajstić information content (AvgIpc) is 2.27. The normalized spacial score (nSPS) is 11.8. The van der Waals surface area contributed by atoms with Crippen molar-refractivity contribution in [1.82, 2.24) is 0 Å². The number of rotatable bonds is 8. The van der Waals surface area contributed by atoms with Crippen LogP contribution in [0.5, 0.6) is 0 Å². The van der Waals surface area contributed by atoms with Crippen molar-refractivity contribution in [1.29, 1.82) is 0 Å². The minimum absolute atomic E-state index is 0.0283. The minimum atomic E-state index is -0.360. The summed E-state index contributed by atoms with van der Waals surface area (Å²) in [6.45, 7) is 5.03. The maximum Gasteiger partial charge on any atom is 0.0773 e. The van der Waals surface area contributed by atoms with Crippen molar-refractivity contribution in [3.05, 3.63) is 0 Å². The van der Waals surface area contributed by atoms with Crippen molar-refractivity contribution in [3.63, 3.8) is 0 Å². The first kappa shape index (κ1) is 17.2. The summed E-state index contributed by atoms with van der Waals surface area (Å²) in [4.78, 5) is 0. The van der Waals surface area contributed by atoms with E-state index < -0.39 is 0 Å². The highest BCUT2D eigenvalue weighted by Gasteiger charge is 2.01. The van der Waals surface area contributed by atoms with Crippen LogP contribution in [0.15, 0.2) is 0 Å². The van der Waals surface area contributed by atoms with Gasteiger partial charge in [0.25, 0.3) is 0 Å². The molecule has 15 heavy (non-hydrogen) atoms. The van der Waals surface area contributed by atoms with E-state index in [-0.39, 0.29) is 12.7 Å². The van der Waals surface area contributed by atoms with Gasteiger partial charge in [0.05, 0.1) is 25.9 Å². The van der Waals surface area contributed by atoms with Gasteiger partial charge >= 0.3 is 0 Å². The molecule has 0 aromatic carbocycles. The van der Waals surface area contributed by atoms with Crippen LogP contribution in [0, 0.1) is 0 Å². The molecule has 0 fully saturated rings. The van der Waals surface area contributed by atoms with E-state index in [9.17, 15) is 5.11 Å². The molecule has 0 aliphatic heterocycles. The first-order valence-corrected chi connectivity index (χ1v) is 5.70. The van der Waals surface area contributed by atoms with Gasteiger partial charge in [0, 0.05) is 6.61 Å². The molecule has 0 rings (SSSR count). The average molecular weight is 222 g/mol. The van der Waals surface area contributed by atoms with Gasteiger partial charge < -0.3 is 20.1 Å². The van der Waals surface area contributed by atoms with Gasteiger partial charge in [0.15, 0.2) is 0 Å². The second-order valence-electron chi connectivity index (χ2n) is 3.32. The van der Waals surface area contributed by atoms with Crippen molar-refractivity contribution in [3.8, 4) is 0 Å². The summed E-state index contributed by atoms with van der Waals surface area (Å²) in [6, 6.07) is 0. The van der Waals surface area contributed by atoms with Crippen molar-refractivity contribution >= 4 is 0 Å². The third kappa shape index (κ3) is 20.0. The quantitative estimate of drug-likeness (QED) is 0.534. The second kappa shape index (κ2) is 16.3. The lowest BCUT2D eigenvalue weighted by atomic mass is 10.2. The van der Waals surface area contributed by atoms with Crippen LogP contribution < -0.4 is 0 Å². The molecule has 94 valence electrons. The van der Waals surface area contributed by atoms with Crippen molar-refractivity contribution < 1.29 is 20.1 Å². The topological polar surface area (TPSA) is 69.9 Å². The fourth-order valence-electron chi connectivity index (χ4n) is 0.807. The number of aliphatic hydroxyl groups is 3. The predicted octanol–water partition coefficient (Wildman–Crippen LogP) is 0.935. The van der Waals surface area contributed by atoms with Crippen LogP contribution in [0.25, 0.3) is 0 Å². The summed E-state index contributed by atoms with van der Waals surface area (Å²) in [5, 5.41) is 25.4. The van der Waals surface area contributed by atoms with Crippen LogP contribution in [0.3, 0.4) is 0 Å². The fraction of sp³-hybridized carbons (Fsp3) is 1.00. The van der Waals surface area contributed by atoms with E-state index in [2.05, 4.69) is 6.92 Å². The zero-order valence-corrected chi connectivity index (χ0v) is 9.98. The minimum Gasteiger partial charge on any atom is -0.396 e. The Morgan fingerprint density at radius 1 is 1.07 bits per heavy atom. The van der Waals surface area contributed by atoms with Crippen molar-refractivity contribution in [2.45, 2.75) is 45.6 Å². The Bertz CT molecular complexity index is 96.6. The lowest BCUT2D eigenvalue weighted by molar-refractivity contribution is 0.0172. The van der Waals surface area contributed by atoms with E-state index >= 15 is 0 Å². The number of hydrogen-bond donors (Lipinski definition) is 3. The maximum atomic E-state index is 9.20. The number of aliphatic hydroxyl groups excluding tert-OH is 3. The molecule has 0 radical (unpaired) electrons. The summed E-state index contributed by atoms with van der Waals surface area (Å²) in [7, 11) is 0. The number of hydrogen-bond acceptors (Lipinski definition) is 4. The molecule has 0 spiro atoms. The molecular formula is C11H26O4. The summed E-state index contributed by atoms with van der Waals surface area (Å²) in [5.41, 5.74) is 0. The Hall–Kier alpha value is -0.160. The van der Waals surface area contributed by atoms with Gasteiger partial charge in [-0.15, -0.1) is 0 Å². The van der Waals surface area contributed by atoms with E-state index in [1.165, 1.54) is 0 Å². The smallest absolute Gasteiger partial charge is 0.0773 e. The van der Waals surface area contributed by atoms with Gasteiger partial charge in [-0.2, -0.15) is 0 Å². The summed E-state index contributed by atoms with van der Waals surface area (Å²) in [6.07, 6.45) is 3.43. The lowest BCUT2D eigenvalue weighted by Crippen LogP contribution is -2.16. The SMILES string of the molecule is CCCCC(O)COCCO.CCCO. The molecule has 0 saturated carbocycles. The molecule has 0 aromatic rings. The van der Waals surface area contributed by atoms with E-state index in [0.717, 1.165) is 25.7 Å². The van der Waals surface area contributed by atoms with E-state index in [1.807, 2.05) is 6.92 Å². The summed E-state index contributed by atoms with van der Waals surface area (Å²) >= 11 is 0. The Balaban J connectivity index is 0. The summed E-state index contributed by atoms with van der Waals surface area (Å²) in [5.74, 6) is 0. The standard InChI is InChI=1S/C8H18O3.C3H8O/c1-2-3-4-8(10)7-11-6-5-9;1-2-3-4/h8-10H,2-7H2,1H3;4H,2-3H2,1H3. The highest BCUT2D eigenvalue weighted by molar-refractivity contribution is 4.52. The number of unbranched alkanes of at least 4 members (excludes halogenated alkanes) is 1. The monoisotopic (exact) mass is 222 g/mol. The lowest BCUT2D eigenvalue weighted by Gasteiger charge is -2.09. The molecule has 0 bridgehead atoms. The van der Waals surface area contributed by atoms with Gasteiger partial charge in [-0.05, 0) is 12.8 Å². The summed E-state index contributed by atoms with van der Waals surface area (Å²) < 4.78 is 4.94. The van der Waals surface area contributed by atoms with Crippen LogP contribution in [0.2, 0.25) is 0 Å². The van der Waals surface area contributed by atoms with E-state index in [4.69, 9.17) is 14.9 Å². The van der Waals surface area contributed by atoms with Crippen molar-refractivity contribution in [2.24, 2.45) is 0 Å². The molecule has 4 heteroatoms. The highest BCUT2D eigenvalue weighted by atomic mass is 16.5. The van der Waals surface area contributed by atoms with Gasteiger partial charge in [-0.3, -0.25) is 0 Å². The maximum absolute atomic E-state index is 9.20. The molecule has 0 amide bonds. The van der Waals surface area contributed by atoms with Crippen LogP contribution in [-0.4, -0.2) is 47.9 Å². The Labute approximate surface area is 92.9 Å². The fourth-order valence-corrected chi connectivity index (χ4v) is 0.807. The Morgan fingerprint density at radius 2 is 1.67 bits per heavy atom. The molecule has 0 aromatic heterocycles. The van der Waals surface area contributed by atoms with Gasteiger partial charge in [-0.1, -0.05) is 26.7 Å². The Kier molecular flexibility index (Phi) is 18.7. The highest BCUT2D eigenvalue weighted by Crippen LogP contribution is 1.99. The van der Waals surface area contributed by atoms with E-state index in [1.54, 1.807) is 0 Å². The molecule has 4 nitrogen and oxygen atoms in total. The molecule has 0 aliphatic carbocycles. The molecular weight excluding hydrogens is 196 g/mol. The third-order valence-corrected chi connectivity index (χ3v) is 1.66. The first-order chi connectivity index (χ1) is 7.22. The first-order valence-electron chi connectivity index (χ1n) is 5.70. The van der Waals surface area contributed by atoms with Crippen molar-refractivity contribution in [2.75, 3.05) is 26.4 Å². The molecule has 0 heterocycles. The van der Waals surface area contributed by atoms with Gasteiger partial charge in [-0.25, -0.2) is 0 Å². The Morgan fingerprint density at radius 3 is 2.07 bits per heavy atom.